The van der Waals surface area contributed by atoms with Crippen molar-refractivity contribution in [2.75, 3.05) is 29.9 Å². The highest BCUT2D eigenvalue weighted by atomic mass is 32.2. The van der Waals surface area contributed by atoms with Crippen LogP contribution in [0.2, 0.25) is 0 Å². The number of nitrogens with zero attached hydrogens (tertiary/aromatic N) is 1. The van der Waals surface area contributed by atoms with Gasteiger partial charge in [-0.05, 0) is 24.1 Å². The van der Waals surface area contributed by atoms with Crippen molar-refractivity contribution in [3.05, 3.63) is 29.3 Å². The molecule has 112 valence electrons. The van der Waals surface area contributed by atoms with Gasteiger partial charge in [0.05, 0.1) is 17.9 Å². The molecule has 1 N–H and O–H groups in total. The molecule has 0 spiro atoms. The normalized spacial score (nSPS) is 20.6. The maximum atomic E-state index is 12.5. The quantitative estimate of drug-likeness (QED) is 0.816. The van der Waals surface area contributed by atoms with Crippen molar-refractivity contribution >= 4 is 27.3 Å². The number of nitrogens with one attached hydrogen (secondary N) is 1. The summed E-state index contributed by atoms with van der Waals surface area (Å²) < 4.78 is 23.2. The minimum Gasteiger partial charge on any atom is -0.338 e. The van der Waals surface area contributed by atoms with Gasteiger partial charge >= 0.3 is 0 Å². The van der Waals surface area contributed by atoms with Gasteiger partial charge in [-0.15, -0.1) is 0 Å². The highest BCUT2D eigenvalue weighted by molar-refractivity contribution is 7.91. The summed E-state index contributed by atoms with van der Waals surface area (Å²) in [5.74, 6) is -0.108. The summed E-state index contributed by atoms with van der Waals surface area (Å²) in [4.78, 5) is 25.4. The van der Waals surface area contributed by atoms with E-state index in [1.54, 1.807) is 23.1 Å². The van der Waals surface area contributed by atoms with Crippen molar-refractivity contribution in [1.82, 2.24) is 4.90 Å². The topological polar surface area (TPSA) is 83.6 Å². The van der Waals surface area contributed by atoms with Crippen LogP contribution in [0.5, 0.6) is 0 Å². The Kier molecular flexibility index (Phi) is 3.44. The van der Waals surface area contributed by atoms with E-state index in [0.29, 0.717) is 30.6 Å². The van der Waals surface area contributed by atoms with Crippen molar-refractivity contribution in [1.29, 1.82) is 0 Å². The number of hydrogen-bond acceptors (Lipinski definition) is 4. The van der Waals surface area contributed by atoms with Crippen LogP contribution < -0.4 is 5.32 Å². The zero-order valence-corrected chi connectivity index (χ0v) is 12.3. The second-order valence-corrected chi connectivity index (χ2v) is 7.70. The third-order valence-corrected chi connectivity index (χ3v) is 5.54. The first-order valence-corrected chi connectivity index (χ1v) is 8.69. The fraction of sp³-hybridized carbons (Fsp3) is 0.429. The van der Waals surface area contributed by atoms with Crippen molar-refractivity contribution in [3.63, 3.8) is 0 Å². The van der Waals surface area contributed by atoms with Gasteiger partial charge in [0.2, 0.25) is 5.91 Å². The summed E-state index contributed by atoms with van der Waals surface area (Å²) in [6.45, 7) is 0.673. The third kappa shape index (κ3) is 2.92. The van der Waals surface area contributed by atoms with E-state index < -0.39 is 9.84 Å². The first-order chi connectivity index (χ1) is 9.94. The number of fused-ring (bicyclic) bond motifs is 1. The number of anilines is 1. The average Bonchev–Trinajstić information content (AvgIpc) is 2.70. The van der Waals surface area contributed by atoms with Gasteiger partial charge in [0.15, 0.2) is 9.84 Å². The summed E-state index contributed by atoms with van der Waals surface area (Å²) >= 11 is 0. The molecule has 7 heteroatoms. The number of amides is 2. The first-order valence-electron chi connectivity index (χ1n) is 6.87. The van der Waals surface area contributed by atoms with Crippen LogP contribution in [-0.2, 0) is 21.1 Å². The summed E-state index contributed by atoms with van der Waals surface area (Å²) in [6, 6.07) is 5.14. The molecule has 21 heavy (non-hydrogen) atoms. The molecule has 2 amide bonds. The first kappa shape index (κ1) is 14.1. The van der Waals surface area contributed by atoms with Gasteiger partial charge in [0.1, 0.15) is 0 Å². The zero-order valence-electron chi connectivity index (χ0n) is 11.5. The van der Waals surface area contributed by atoms with E-state index in [1.165, 1.54) is 0 Å². The molecule has 0 atom stereocenters. The molecule has 1 aromatic rings. The Morgan fingerprint density at radius 1 is 1.19 bits per heavy atom. The zero-order chi connectivity index (χ0) is 15.0. The van der Waals surface area contributed by atoms with Crippen LogP contribution in [0.25, 0.3) is 0 Å². The summed E-state index contributed by atoms with van der Waals surface area (Å²) in [6.07, 6.45) is 0.807. The molecule has 2 aliphatic heterocycles. The van der Waals surface area contributed by atoms with Gasteiger partial charge in [-0.2, -0.15) is 0 Å². The van der Waals surface area contributed by atoms with Gasteiger partial charge in [-0.3, -0.25) is 9.59 Å². The molecule has 3 rings (SSSR count). The predicted octanol–water partition coefficient (Wildman–Crippen LogP) is 0.442. The molecule has 0 saturated carbocycles. The fourth-order valence-corrected chi connectivity index (χ4v) is 3.94. The molecule has 0 aromatic heterocycles. The van der Waals surface area contributed by atoms with Crippen LogP contribution in [0.15, 0.2) is 18.2 Å². The predicted molar refractivity (Wildman–Crippen MR) is 78.0 cm³/mol. The highest BCUT2D eigenvalue weighted by Crippen LogP contribution is 2.24. The minimum atomic E-state index is -3.04. The van der Waals surface area contributed by atoms with Crippen LogP contribution in [0.3, 0.4) is 0 Å². The summed E-state index contributed by atoms with van der Waals surface area (Å²) in [5.41, 5.74) is 2.04. The monoisotopic (exact) mass is 308 g/mol. The van der Waals surface area contributed by atoms with Crippen LogP contribution in [0, 0.1) is 0 Å². The molecule has 1 saturated heterocycles. The Labute approximate surface area is 123 Å². The number of carbonyl (C=O) groups excluding carboxylic acids is 2. The minimum absolute atomic E-state index is 0.0143. The van der Waals surface area contributed by atoms with E-state index in [4.69, 9.17) is 0 Å². The largest absolute Gasteiger partial charge is 0.338 e. The lowest BCUT2D eigenvalue weighted by atomic mass is 10.1. The molecule has 6 nitrogen and oxygen atoms in total. The molecule has 1 aromatic carbocycles. The van der Waals surface area contributed by atoms with Gasteiger partial charge in [0.25, 0.3) is 5.91 Å². The van der Waals surface area contributed by atoms with Gasteiger partial charge in [0, 0.05) is 24.3 Å². The Hall–Kier alpha value is -1.89. The Balaban J connectivity index is 1.80. The van der Waals surface area contributed by atoms with Crippen molar-refractivity contribution in [3.8, 4) is 0 Å². The Morgan fingerprint density at radius 2 is 2.00 bits per heavy atom. The van der Waals surface area contributed by atoms with Gasteiger partial charge < -0.3 is 10.2 Å². The standard InChI is InChI=1S/C14H16N2O4S/c17-13-9-10-2-3-11(8-12(10)15-13)14(18)16-4-1-6-21(19,20)7-5-16/h2-3,8H,1,4-7,9H2,(H,15,17). The average molecular weight is 308 g/mol. The van der Waals surface area contributed by atoms with Crippen LogP contribution in [-0.4, -0.2) is 49.7 Å². The molecule has 1 fully saturated rings. The van der Waals surface area contributed by atoms with Crippen LogP contribution in [0.4, 0.5) is 5.69 Å². The van der Waals surface area contributed by atoms with Crippen molar-refractivity contribution in [2.24, 2.45) is 0 Å². The lowest BCUT2D eigenvalue weighted by Crippen LogP contribution is -2.33. The molecular formula is C14H16N2O4S. The second-order valence-electron chi connectivity index (χ2n) is 5.39. The summed E-state index contributed by atoms with van der Waals surface area (Å²) in [5, 5.41) is 2.72. The van der Waals surface area contributed by atoms with E-state index in [0.717, 1.165) is 5.56 Å². The highest BCUT2D eigenvalue weighted by Gasteiger charge is 2.25. The van der Waals surface area contributed by atoms with E-state index in [2.05, 4.69) is 5.32 Å². The molecule has 0 aliphatic carbocycles. The SMILES string of the molecule is O=C1Cc2ccc(C(=O)N3CCCS(=O)(=O)CC3)cc2N1. The maximum absolute atomic E-state index is 12.5. The molecular weight excluding hydrogens is 292 g/mol. The molecule has 0 unspecified atom stereocenters. The number of benzene rings is 1. The van der Waals surface area contributed by atoms with Gasteiger partial charge in [-0.25, -0.2) is 8.42 Å². The Bertz CT molecular complexity index is 712. The fourth-order valence-electron chi connectivity index (χ4n) is 2.67. The molecule has 2 heterocycles. The van der Waals surface area contributed by atoms with Gasteiger partial charge in [-0.1, -0.05) is 6.07 Å². The maximum Gasteiger partial charge on any atom is 0.253 e. The molecule has 0 radical (unpaired) electrons. The lowest BCUT2D eigenvalue weighted by Gasteiger charge is -2.20. The number of carbonyl (C=O) groups is 2. The van der Waals surface area contributed by atoms with E-state index >= 15 is 0 Å². The second kappa shape index (κ2) is 5.14. The molecule has 0 bridgehead atoms. The van der Waals surface area contributed by atoms with E-state index in [9.17, 15) is 18.0 Å². The number of hydrogen-bond donors (Lipinski definition) is 1. The Morgan fingerprint density at radius 3 is 2.81 bits per heavy atom. The number of rotatable bonds is 1. The smallest absolute Gasteiger partial charge is 0.253 e. The van der Waals surface area contributed by atoms with Crippen molar-refractivity contribution < 1.29 is 18.0 Å². The third-order valence-electron chi connectivity index (χ3n) is 3.82. The van der Waals surface area contributed by atoms with Crippen molar-refractivity contribution in [2.45, 2.75) is 12.8 Å². The van der Waals surface area contributed by atoms with Crippen LogP contribution >= 0.6 is 0 Å². The van der Waals surface area contributed by atoms with E-state index in [1.807, 2.05) is 0 Å². The number of sulfone groups is 1. The van der Waals surface area contributed by atoms with Crippen LogP contribution in [0.1, 0.15) is 22.3 Å². The van der Waals surface area contributed by atoms with E-state index in [-0.39, 0.29) is 29.9 Å². The molecule has 2 aliphatic rings. The summed E-state index contributed by atoms with van der Waals surface area (Å²) in [7, 11) is -3.04. The lowest BCUT2D eigenvalue weighted by molar-refractivity contribution is -0.115.